The van der Waals surface area contributed by atoms with Gasteiger partial charge in [-0.25, -0.2) is 0 Å². The monoisotopic (exact) mass is 300 g/mol. The number of amides is 1. The quantitative estimate of drug-likeness (QED) is 0.838. The van der Waals surface area contributed by atoms with Crippen LogP contribution in [0.5, 0.6) is 5.75 Å². The van der Waals surface area contributed by atoms with Gasteiger partial charge in [0.05, 0.1) is 19.4 Å². The molecule has 0 saturated carbocycles. The van der Waals surface area contributed by atoms with E-state index in [2.05, 4.69) is 20.9 Å². The SMILES string of the molecule is O=C(COc1cncc(Br)c1)N1CCOCC1. The van der Waals surface area contributed by atoms with Crippen LogP contribution >= 0.6 is 15.9 Å². The minimum absolute atomic E-state index is 0.0201. The Hall–Kier alpha value is -1.14. The van der Waals surface area contributed by atoms with E-state index < -0.39 is 0 Å². The summed E-state index contributed by atoms with van der Waals surface area (Å²) in [5.41, 5.74) is 0. The second-order valence-corrected chi connectivity index (χ2v) is 4.54. The first kappa shape index (κ1) is 12.3. The smallest absolute Gasteiger partial charge is 0.260 e. The second-order valence-electron chi connectivity index (χ2n) is 3.62. The highest BCUT2D eigenvalue weighted by Crippen LogP contribution is 2.15. The van der Waals surface area contributed by atoms with Gasteiger partial charge in [-0.05, 0) is 22.0 Å². The topological polar surface area (TPSA) is 51.7 Å². The first-order valence-electron chi connectivity index (χ1n) is 5.34. The zero-order valence-electron chi connectivity index (χ0n) is 9.26. The van der Waals surface area contributed by atoms with Gasteiger partial charge in [0.15, 0.2) is 6.61 Å². The van der Waals surface area contributed by atoms with Gasteiger partial charge in [0.2, 0.25) is 0 Å². The molecule has 0 N–H and O–H groups in total. The molecule has 92 valence electrons. The fraction of sp³-hybridized carbons (Fsp3) is 0.455. The van der Waals surface area contributed by atoms with Crippen molar-refractivity contribution in [1.29, 1.82) is 0 Å². The zero-order chi connectivity index (χ0) is 12.1. The Morgan fingerprint density at radius 3 is 2.94 bits per heavy atom. The van der Waals surface area contributed by atoms with Crippen LogP contribution in [0.15, 0.2) is 22.9 Å². The largest absolute Gasteiger partial charge is 0.482 e. The van der Waals surface area contributed by atoms with E-state index >= 15 is 0 Å². The van der Waals surface area contributed by atoms with Crippen molar-refractivity contribution in [2.24, 2.45) is 0 Å². The summed E-state index contributed by atoms with van der Waals surface area (Å²) >= 11 is 3.29. The molecule has 0 aromatic carbocycles. The molecule has 1 aliphatic heterocycles. The lowest BCUT2D eigenvalue weighted by Gasteiger charge is -2.26. The van der Waals surface area contributed by atoms with Gasteiger partial charge in [0.25, 0.3) is 5.91 Å². The molecule has 0 aliphatic carbocycles. The van der Waals surface area contributed by atoms with Crippen molar-refractivity contribution in [2.45, 2.75) is 0 Å². The second kappa shape index (κ2) is 5.97. The summed E-state index contributed by atoms with van der Waals surface area (Å²) in [6, 6.07) is 1.78. The van der Waals surface area contributed by atoms with Gasteiger partial charge in [-0.1, -0.05) is 0 Å². The number of carbonyl (C=O) groups is 1. The Labute approximate surface area is 108 Å². The van der Waals surface area contributed by atoms with Crippen LogP contribution in [-0.2, 0) is 9.53 Å². The molecule has 1 amide bonds. The highest BCUT2D eigenvalue weighted by Gasteiger charge is 2.17. The molecule has 1 saturated heterocycles. The summed E-state index contributed by atoms with van der Waals surface area (Å²) in [6.07, 6.45) is 3.24. The molecule has 5 nitrogen and oxygen atoms in total. The van der Waals surface area contributed by atoms with Crippen LogP contribution in [0.3, 0.4) is 0 Å². The van der Waals surface area contributed by atoms with Crippen LogP contribution in [-0.4, -0.2) is 48.7 Å². The first-order chi connectivity index (χ1) is 8.25. The van der Waals surface area contributed by atoms with Crippen LogP contribution in [0.1, 0.15) is 0 Å². The van der Waals surface area contributed by atoms with Crippen molar-refractivity contribution in [1.82, 2.24) is 9.88 Å². The molecule has 1 aromatic heterocycles. The van der Waals surface area contributed by atoms with Gasteiger partial charge in [-0.15, -0.1) is 0 Å². The summed E-state index contributed by atoms with van der Waals surface area (Å²) in [5, 5.41) is 0. The van der Waals surface area contributed by atoms with Gasteiger partial charge in [-0.2, -0.15) is 0 Å². The number of nitrogens with zero attached hydrogens (tertiary/aromatic N) is 2. The molecule has 0 bridgehead atoms. The van der Waals surface area contributed by atoms with E-state index in [-0.39, 0.29) is 12.5 Å². The minimum atomic E-state index is -0.0201. The molecule has 6 heteroatoms. The number of halogens is 1. The number of rotatable bonds is 3. The highest BCUT2D eigenvalue weighted by molar-refractivity contribution is 9.10. The average Bonchev–Trinajstić information content (AvgIpc) is 2.37. The van der Waals surface area contributed by atoms with Gasteiger partial charge in [-0.3, -0.25) is 9.78 Å². The Kier molecular flexibility index (Phi) is 4.33. The first-order valence-corrected chi connectivity index (χ1v) is 6.14. The number of hydrogen-bond acceptors (Lipinski definition) is 4. The number of hydrogen-bond donors (Lipinski definition) is 0. The number of ether oxygens (including phenoxy) is 2. The van der Waals surface area contributed by atoms with E-state index in [1.807, 2.05) is 0 Å². The van der Waals surface area contributed by atoms with E-state index in [1.165, 1.54) is 0 Å². The van der Waals surface area contributed by atoms with Crippen molar-refractivity contribution in [3.05, 3.63) is 22.9 Å². The van der Waals surface area contributed by atoms with E-state index in [9.17, 15) is 4.79 Å². The number of aromatic nitrogens is 1. The van der Waals surface area contributed by atoms with E-state index in [1.54, 1.807) is 23.4 Å². The van der Waals surface area contributed by atoms with Crippen molar-refractivity contribution >= 4 is 21.8 Å². The molecule has 17 heavy (non-hydrogen) atoms. The third-order valence-electron chi connectivity index (χ3n) is 2.41. The molecule has 1 aromatic rings. The van der Waals surface area contributed by atoms with Gasteiger partial charge in [0.1, 0.15) is 5.75 Å². The van der Waals surface area contributed by atoms with Gasteiger partial charge in [0, 0.05) is 23.8 Å². The predicted octanol–water partition coefficient (Wildman–Crippen LogP) is 1.08. The van der Waals surface area contributed by atoms with Crippen LogP contribution in [0.25, 0.3) is 0 Å². The fourth-order valence-corrected chi connectivity index (χ4v) is 1.86. The molecule has 0 spiro atoms. The summed E-state index contributed by atoms with van der Waals surface area (Å²) in [5.74, 6) is 0.564. The van der Waals surface area contributed by atoms with Crippen molar-refractivity contribution in [3.63, 3.8) is 0 Å². The molecule has 2 rings (SSSR count). The molecule has 0 atom stereocenters. The fourth-order valence-electron chi connectivity index (χ4n) is 1.52. The molecule has 0 radical (unpaired) electrons. The number of pyridine rings is 1. The lowest BCUT2D eigenvalue weighted by atomic mass is 10.4. The maximum atomic E-state index is 11.8. The van der Waals surface area contributed by atoms with Gasteiger partial charge < -0.3 is 14.4 Å². The van der Waals surface area contributed by atoms with E-state index in [0.717, 1.165) is 4.47 Å². The molecular formula is C11H13BrN2O3. The normalized spacial score (nSPS) is 15.7. The Morgan fingerprint density at radius 1 is 1.47 bits per heavy atom. The molecule has 1 aliphatic rings. The van der Waals surface area contributed by atoms with E-state index in [0.29, 0.717) is 32.1 Å². The van der Waals surface area contributed by atoms with Crippen molar-refractivity contribution in [2.75, 3.05) is 32.9 Å². The minimum Gasteiger partial charge on any atom is -0.482 e. The standard InChI is InChI=1S/C11H13BrN2O3/c12-9-5-10(7-13-6-9)17-8-11(15)14-1-3-16-4-2-14/h5-7H,1-4,8H2. The third kappa shape index (κ3) is 3.67. The zero-order valence-corrected chi connectivity index (χ0v) is 10.9. The third-order valence-corrected chi connectivity index (χ3v) is 2.84. The predicted molar refractivity (Wildman–Crippen MR) is 64.8 cm³/mol. The highest BCUT2D eigenvalue weighted by atomic mass is 79.9. The Bertz CT molecular complexity index is 394. The van der Waals surface area contributed by atoms with Gasteiger partial charge >= 0.3 is 0 Å². The molecule has 2 heterocycles. The summed E-state index contributed by atoms with van der Waals surface area (Å²) in [7, 11) is 0. The van der Waals surface area contributed by atoms with Crippen LogP contribution in [0.2, 0.25) is 0 Å². The summed E-state index contributed by atoms with van der Waals surface area (Å²) < 4.78 is 11.4. The molecule has 1 fully saturated rings. The Morgan fingerprint density at radius 2 is 2.24 bits per heavy atom. The van der Waals surface area contributed by atoms with E-state index in [4.69, 9.17) is 9.47 Å². The lowest BCUT2D eigenvalue weighted by molar-refractivity contribution is -0.137. The number of morpholine rings is 1. The summed E-state index contributed by atoms with van der Waals surface area (Å²) in [6.45, 7) is 2.52. The maximum absolute atomic E-state index is 11.8. The van der Waals surface area contributed by atoms with Crippen molar-refractivity contribution in [3.8, 4) is 5.75 Å². The maximum Gasteiger partial charge on any atom is 0.260 e. The van der Waals surface area contributed by atoms with Crippen LogP contribution in [0.4, 0.5) is 0 Å². The molecule has 0 unspecified atom stereocenters. The van der Waals surface area contributed by atoms with Crippen LogP contribution < -0.4 is 4.74 Å². The summed E-state index contributed by atoms with van der Waals surface area (Å²) in [4.78, 5) is 17.5. The van der Waals surface area contributed by atoms with Crippen molar-refractivity contribution < 1.29 is 14.3 Å². The Balaban J connectivity index is 1.83. The molecular weight excluding hydrogens is 288 g/mol. The lowest BCUT2D eigenvalue weighted by Crippen LogP contribution is -2.42. The van der Waals surface area contributed by atoms with Crippen LogP contribution in [0, 0.1) is 0 Å². The average molecular weight is 301 g/mol. The number of carbonyl (C=O) groups excluding carboxylic acids is 1.